The second kappa shape index (κ2) is 12.3. The molecule has 0 radical (unpaired) electrons. The van der Waals surface area contributed by atoms with Crippen molar-refractivity contribution >= 4 is 21.6 Å². The largest absolute Gasteiger partial charge is 0.486 e. The number of ether oxygens (including phenoxy) is 2. The zero-order valence-electron chi connectivity index (χ0n) is 19.8. The van der Waals surface area contributed by atoms with Gasteiger partial charge < -0.3 is 50.1 Å². The van der Waals surface area contributed by atoms with Crippen molar-refractivity contribution in [3.8, 4) is 0 Å². The number of hydrogen-bond acceptors (Lipinski definition) is 15. The SMILES string of the molecule is CC(=O)N[C@H]1[C@@H](O[P@](=O)(OC[C@H]2O[C@@H](n3ccc(=O)[nH]c3=O)[C@H](O)[C@@H]2O)OP(=O)(O)O)O[C@H](CO)[C@@H](O)[C@@H]1O. The highest BCUT2D eigenvalue weighted by Gasteiger charge is 2.51. The summed E-state index contributed by atoms with van der Waals surface area (Å²) >= 11 is 0. The molecule has 2 aliphatic heterocycles. The monoisotopic (exact) mass is 607 g/mol. The van der Waals surface area contributed by atoms with Crippen molar-refractivity contribution in [2.24, 2.45) is 0 Å². The molecule has 0 aliphatic carbocycles. The number of nitrogens with one attached hydrogen (secondary N) is 2. The highest BCUT2D eigenvalue weighted by molar-refractivity contribution is 7.61. The van der Waals surface area contributed by atoms with Gasteiger partial charge in [-0.2, -0.15) is 4.31 Å². The first-order valence-corrected chi connectivity index (χ1v) is 14.0. The van der Waals surface area contributed by atoms with E-state index in [2.05, 4.69) is 9.63 Å². The summed E-state index contributed by atoms with van der Waals surface area (Å²) in [5, 5.41) is 52.6. The number of carbonyl (C=O) groups excluding carboxylic acids is 1. The fourth-order valence-electron chi connectivity index (χ4n) is 3.78. The number of phosphoric ester groups is 1. The van der Waals surface area contributed by atoms with Crippen molar-refractivity contribution < 1.29 is 72.1 Å². The summed E-state index contributed by atoms with van der Waals surface area (Å²) in [5.74, 6) is -0.808. The maximum absolute atomic E-state index is 13.2. The highest BCUT2D eigenvalue weighted by atomic mass is 31.3. The van der Waals surface area contributed by atoms with Crippen LogP contribution in [0.1, 0.15) is 13.2 Å². The summed E-state index contributed by atoms with van der Waals surface area (Å²) < 4.78 is 50.1. The molecule has 0 saturated carbocycles. The summed E-state index contributed by atoms with van der Waals surface area (Å²) in [6.07, 6.45) is -13.3. The average molecular weight is 607 g/mol. The van der Waals surface area contributed by atoms with Crippen LogP contribution in [0.5, 0.6) is 0 Å². The molecule has 20 nitrogen and oxygen atoms in total. The topological polar surface area (TPSA) is 306 Å². The lowest BCUT2D eigenvalue weighted by atomic mass is 9.97. The van der Waals surface area contributed by atoms with Crippen LogP contribution in [-0.4, -0.2) is 113 Å². The Morgan fingerprint density at radius 3 is 2.28 bits per heavy atom. The zero-order valence-corrected chi connectivity index (χ0v) is 21.6. The lowest BCUT2D eigenvalue weighted by molar-refractivity contribution is -0.248. The third kappa shape index (κ3) is 7.66. The fourth-order valence-corrected chi connectivity index (χ4v) is 5.99. The van der Waals surface area contributed by atoms with E-state index in [1.807, 2.05) is 4.98 Å². The molecule has 1 aromatic heterocycles. The Kier molecular flexibility index (Phi) is 10.0. The molecule has 1 amide bonds. The summed E-state index contributed by atoms with van der Waals surface area (Å²) in [6, 6.07) is -0.797. The molecule has 9 N–H and O–H groups in total. The predicted octanol–water partition coefficient (Wildman–Crippen LogP) is -4.65. The van der Waals surface area contributed by atoms with Crippen molar-refractivity contribution in [3.05, 3.63) is 33.1 Å². The smallest absolute Gasteiger partial charge is 0.394 e. The molecule has 222 valence electrons. The minimum Gasteiger partial charge on any atom is -0.394 e. The zero-order chi connectivity index (χ0) is 29.3. The molecule has 3 rings (SSSR count). The number of aliphatic hydroxyl groups is 5. The number of aromatic nitrogens is 2. The average Bonchev–Trinajstić information content (AvgIpc) is 3.09. The van der Waals surface area contributed by atoms with Crippen LogP contribution in [-0.2, 0) is 36.8 Å². The van der Waals surface area contributed by atoms with Crippen LogP contribution in [0.15, 0.2) is 21.9 Å². The molecule has 2 fully saturated rings. The van der Waals surface area contributed by atoms with E-state index in [1.165, 1.54) is 0 Å². The number of phosphoric acid groups is 2. The van der Waals surface area contributed by atoms with Gasteiger partial charge in [0.1, 0.15) is 42.7 Å². The van der Waals surface area contributed by atoms with Gasteiger partial charge in [0.2, 0.25) is 5.91 Å². The van der Waals surface area contributed by atoms with Gasteiger partial charge in [0.05, 0.1) is 13.2 Å². The molecule has 2 saturated heterocycles. The molecule has 2 aliphatic rings. The first-order chi connectivity index (χ1) is 18.0. The highest BCUT2D eigenvalue weighted by Crippen LogP contribution is 2.62. The van der Waals surface area contributed by atoms with Crippen molar-refractivity contribution in [1.82, 2.24) is 14.9 Å². The Balaban J connectivity index is 1.83. The van der Waals surface area contributed by atoms with Crippen LogP contribution in [0.4, 0.5) is 0 Å². The Morgan fingerprint density at radius 1 is 1.08 bits per heavy atom. The normalized spacial score (nSPS) is 34.9. The van der Waals surface area contributed by atoms with Gasteiger partial charge in [0, 0.05) is 19.2 Å². The van der Waals surface area contributed by atoms with E-state index in [9.17, 15) is 58.8 Å². The van der Waals surface area contributed by atoms with E-state index in [-0.39, 0.29) is 0 Å². The lowest BCUT2D eigenvalue weighted by Gasteiger charge is -2.42. The van der Waals surface area contributed by atoms with Crippen LogP contribution in [0.25, 0.3) is 0 Å². The fraction of sp³-hybridized carbons (Fsp3) is 0.706. The molecule has 0 aromatic carbocycles. The maximum atomic E-state index is 13.2. The van der Waals surface area contributed by atoms with E-state index in [4.69, 9.17) is 18.5 Å². The van der Waals surface area contributed by atoms with Crippen molar-refractivity contribution in [2.75, 3.05) is 13.2 Å². The molecule has 0 bridgehead atoms. The van der Waals surface area contributed by atoms with Gasteiger partial charge in [0.25, 0.3) is 5.56 Å². The number of carbonyl (C=O) groups is 1. The quantitative estimate of drug-likeness (QED) is 0.113. The third-order valence-corrected chi connectivity index (χ3v) is 8.13. The van der Waals surface area contributed by atoms with Gasteiger partial charge in [-0.1, -0.05) is 0 Å². The van der Waals surface area contributed by atoms with E-state index >= 15 is 0 Å². The summed E-state index contributed by atoms with van der Waals surface area (Å²) in [5.41, 5.74) is -1.78. The summed E-state index contributed by atoms with van der Waals surface area (Å²) in [7, 11) is -11.1. The Hall–Kier alpha value is -1.87. The van der Waals surface area contributed by atoms with Gasteiger partial charge in [-0.3, -0.25) is 28.2 Å². The Bertz CT molecular complexity index is 1230. The van der Waals surface area contributed by atoms with Crippen LogP contribution in [0.3, 0.4) is 0 Å². The lowest BCUT2D eigenvalue weighted by Crippen LogP contribution is -2.64. The molecule has 22 heteroatoms. The van der Waals surface area contributed by atoms with Gasteiger partial charge >= 0.3 is 21.3 Å². The number of aliphatic hydroxyl groups excluding tert-OH is 5. The first-order valence-electron chi connectivity index (χ1n) is 11.0. The van der Waals surface area contributed by atoms with Crippen molar-refractivity contribution in [2.45, 2.75) is 62.1 Å². The second-order valence-electron chi connectivity index (χ2n) is 8.42. The van der Waals surface area contributed by atoms with Crippen LogP contribution < -0.4 is 16.6 Å². The van der Waals surface area contributed by atoms with Crippen molar-refractivity contribution in [1.29, 1.82) is 0 Å². The Labute approximate surface area is 217 Å². The van der Waals surface area contributed by atoms with Crippen LogP contribution in [0.2, 0.25) is 0 Å². The number of rotatable bonds is 10. The van der Waals surface area contributed by atoms with Gasteiger partial charge in [-0.05, 0) is 0 Å². The molecular formula is C17H27N3O17P2. The van der Waals surface area contributed by atoms with Gasteiger partial charge in [-0.25, -0.2) is 13.9 Å². The summed E-state index contributed by atoms with van der Waals surface area (Å²) in [6.45, 7) is -0.984. The number of amides is 1. The molecular weight excluding hydrogens is 580 g/mol. The van der Waals surface area contributed by atoms with E-state index in [1.54, 1.807) is 0 Å². The van der Waals surface area contributed by atoms with E-state index in [0.717, 1.165) is 19.2 Å². The van der Waals surface area contributed by atoms with Crippen LogP contribution in [0, 0.1) is 0 Å². The van der Waals surface area contributed by atoms with E-state index in [0.29, 0.717) is 4.57 Å². The number of hydrogen-bond donors (Lipinski definition) is 9. The minimum atomic E-state index is -5.66. The number of H-pyrrole nitrogens is 1. The molecule has 1 aromatic rings. The first kappa shape index (κ1) is 31.7. The second-order valence-corrected chi connectivity index (χ2v) is 11.4. The molecule has 0 spiro atoms. The molecule has 3 heterocycles. The molecule has 0 unspecified atom stereocenters. The summed E-state index contributed by atoms with van der Waals surface area (Å²) in [4.78, 5) is 55.3. The van der Waals surface area contributed by atoms with E-state index < -0.39 is 101 Å². The number of nitrogens with zero attached hydrogens (tertiary/aromatic N) is 1. The predicted molar refractivity (Wildman–Crippen MR) is 120 cm³/mol. The van der Waals surface area contributed by atoms with Gasteiger partial charge in [0.15, 0.2) is 12.5 Å². The number of aromatic amines is 1. The van der Waals surface area contributed by atoms with Crippen molar-refractivity contribution in [3.63, 3.8) is 0 Å². The maximum Gasteiger partial charge on any atom is 0.486 e. The molecule has 39 heavy (non-hydrogen) atoms. The third-order valence-electron chi connectivity index (χ3n) is 5.55. The van der Waals surface area contributed by atoms with Crippen LogP contribution >= 0.6 is 15.6 Å². The minimum absolute atomic E-state index is 0.715. The Morgan fingerprint density at radius 2 is 1.72 bits per heavy atom. The standard InChI is InChI=1S/C17H27N3O17P2/c1-6(22)18-10-13(26)11(24)7(4-21)35-16(10)36-39(32,37-38(29,30)31)33-5-8-12(25)14(27)15(34-8)20-3-2-9(23)19-17(20)28/h2-3,7-8,10-16,21,24-27H,4-5H2,1H3,(H,18,22)(H,19,23,28)(H2,29,30,31)/t7-,8-,10-,11-,12-,13-,14-,15-,16-,39+/m1/s1. The molecule has 10 atom stereocenters. The van der Waals surface area contributed by atoms with Gasteiger partial charge in [-0.15, -0.1) is 0 Å².